The molecule has 1 aliphatic rings. The Morgan fingerprint density at radius 1 is 1.48 bits per heavy atom. The monoisotopic (exact) mass is 337 g/mol. The minimum absolute atomic E-state index is 0.127. The van der Waals surface area contributed by atoms with E-state index < -0.39 is 38.9 Å². The molecular weight excluding hydrogens is 325 g/mol. The molecule has 1 heterocycles. The first-order chi connectivity index (χ1) is 9.81. The molecule has 0 radical (unpaired) electrons. The van der Waals surface area contributed by atoms with Crippen LogP contribution in [-0.2, 0) is 19.6 Å². The summed E-state index contributed by atoms with van der Waals surface area (Å²) in [5.41, 5.74) is 0. The van der Waals surface area contributed by atoms with Gasteiger partial charge < -0.3 is 9.84 Å². The Morgan fingerprint density at radius 3 is 2.81 bits per heavy atom. The molecular formula is C12H13ClFNO5S. The molecule has 6 nitrogen and oxygen atoms in total. The van der Waals surface area contributed by atoms with Crippen LogP contribution in [0.15, 0.2) is 23.1 Å². The van der Waals surface area contributed by atoms with Crippen LogP contribution in [0.25, 0.3) is 0 Å². The van der Waals surface area contributed by atoms with Crippen molar-refractivity contribution in [3.63, 3.8) is 0 Å². The number of aliphatic carboxylic acids is 1. The smallest absolute Gasteiger partial charge is 0.332 e. The topological polar surface area (TPSA) is 92.7 Å². The molecule has 2 N–H and O–H groups in total. The molecule has 0 aliphatic carbocycles. The maximum atomic E-state index is 13.7. The summed E-state index contributed by atoms with van der Waals surface area (Å²) >= 11 is 5.54. The summed E-state index contributed by atoms with van der Waals surface area (Å²) in [5.74, 6) is -2.11. The number of ether oxygens (including phenoxy) is 1. The first-order valence-electron chi connectivity index (χ1n) is 6.13. The van der Waals surface area contributed by atoms with Crippen LogP contribution in [0.3, 0.4) is 0 Å². The maximum Gasteiger partial charge on any atom is 0.332 e. The van der Waals surface area contributed by atoms with Crippen LogP contribution < -0.4 is 4.72 Å². The van der Waals surface area contributed by atoms with E-state index >= 15 is 0 Å². The Hall–Kier alpha value is -1.22. The molecule has 0 amide bonds. The van der Waals surface area contributed by atoms with Crippen LogP contribution in [0.4, 0.5) is 4.39 Å². The second-order valence-electron chi connectivity index (χ2n) is 4.57. The lowest BCUT2D eigenvalue weighted by molar-refractivity contribution is -0.149. The molecule has 2 rings (SSSR count). The lowest BCUT2D eigenvalue weighted by Crippen LogP contribution is -2.33. The Bertz CT molecular complexity index is 651. The highest BCUT2D eigenvalue weighted by Gasteiger charge is 2.31. The number of hydrogen-bond donors (Lipinski definition) is 2. The molecule has 1 aromatic rings. The van der Waals surface area contributed by atoms with Gasteiger partial charge in [0.15, 0.2) is 11.9 Å². The highest BCUT2D eigenvalue weighted by molar-refractivity contribution is 7.89. The van der Waals surface area contributed by atoms with Gasteiger partial charge in [0.05, 0.1) is 11.1 Å². The number of benzene rings is 1. The normalized spacial score (nSPS) is 22.4. The van der Waals surface area contributed by atoms with Crippen LogP contribution in [0.1, 0.15) is 12.8 Å². The predicted octanol–water partition coefficient (Wildman–Crippen LogP) is 1.39. The number of nitrogens with one attached hydrogen (secondary N) is 1. The zero-order valence-corrected chi connectivity index (χ0v) is 12.3. The molecule has 2 atom stereocenters. The molecule has 116 valence electrons. The first-order valence-corrected chi connectivity index (χ1v) is 7.99. The Labute approximate surface area is 125 Å². The lowest BCUT2D eigenvalue weighted by Gasteiger charge is -2.13. The molecule has 1 aromatic carbocycles. The van der Waals surface area contributed by atoms with E-state index in [9.17, 15) is 17.6 Å². The molecule has 2 unspecified atom stereocenters. The highest BCUT2D eigenvalue weighted by Crippen LogP contribution is 2.23. The van der Waals surface area contributed by atoms with E-state index in [0.29, 0.717) is 12.8 Å². The number of carboxylic acid groups (broad SMARTS) is 1. The van der Waals surface area contributed by atoms with Crippen LogP contribution in [-0.4, -0.2) is 38.2 Å². The van der Waals surface area contributed by atoms with Crippen molar-refractivity contribution < 1.29 is 27.4 Å². The molecule has 1 saturated heterocycles. The van der Waals surface area contributed by atoms with Crippen molar-refractivity contribution in [1.82, 2.24) is 4.72 Å². The second-order valence-corrected chi connectivity index (χ2v) is 6.71. The van der Waals surface area contributed by atoms with Gasteiger partial charge in [-0.3, -0.25) is 0 Å². The van der Waals surface area contributed by atoms with E-state index in [1.165, 1.54) is 12.1 Å². The summed E-state index contributed by atoms with van der Waals surface area (Å²) in [4.78, 5) is 10.2. The molecule has 0 aromatic heterocycles. The van der Waals surface area contributed by atoms with E-state index in [4.69, 9.17) is 21.4 Å². The second kappa shape index (κ2) is 6.27. The van der Waals surface area contributed by atoms with E-state index in [2.05, 4.69) is 4.72 Å². The number of rotatable bonds is 5. The minimum atomic E-state index is -4.08. The summed E-state index contributed by atoms with van der Waals surface area (Å²) in [6, 6.07) is 3.67. The fourth-order valence-electron chi connectivity index (χ4n) is 2.01. The average Bonchev–Trinajstić information content (AvgIpc) is 2.88. The third kappa shape index (κ3) is 3.70. The highest BCUT2D eigenvalue weighted by atomic mass is 35.5. The summed E-state index contributed by atoms with van der Waals surface area (Å²) in [6.45, 7) is -0.127. The van der Waals surface area contributed by atoms with Gasteiger partial charge in [-0.15, -0.1) is 0 Å². The Kier molecular flexibility index (Phi) is 4.82. The summed E-state index contributed by atoms with van der Waals surface area (Å²) < 4.78 is 45.1. The molecule has 1 fully saturated rings. The standard InChI is InChI=1S/C12H13ClFNO5S/c13-8-2-1-3-10(11(8)14)21(18,19)15-6-7-4-5-9(20-7)12(16)17/h1-3,7,9,15H,4-6H2,(H,16,17). The van der Waals surface area contributed by atoms with Gasteiger partial charge in [-0.25, -0.2) is 22.3 Å². The molecule has 0 saturated carbocycles. The lowest BCUT2D eigenvalue weighted by atomic mass is 10.2. The van der Waals surface area contributed by atoms with Gasteiger partial charge in [0.25, 0.3) is 0 Å². The minimum Gasteiger partial charge on any atom is -0.479 e. The SMILES string of the molecule is O=C(O)C1CCC(CNS(=O)(=O)c2cccc(Cl)c2F)O1. The van der Waals surface area contributed by atoms with Crippen LogP contribution in [0, 0.1) is 5.82 Å². The van der Waals surface area contributed by atoms with Crippen molar-refractivity contribution >= 4 is 27.6 Å². The van der Waals surface area contributed by atoms with E-state index in [-0.39, 0.29) is 11.6 Å². The Balaban J connectivity index is 2.03. The van der Waals surface area contributed by atoms with Crippen LogP contribution >= 0.6 is 11.6 Å². The number of sulfonamides is 1. The summed E-state index contributed by atoms with van der Waals surface area (Å²) in [5, 5.41) is 8.49. The Morgan fingerprint density at radius 2 is 2.19 bits per heavy atom. The zero-order valence-electron chi connectivity index (χ0n) is 10.8. The van der Waals surface area contributed by atoms with Gasteiger partial charge in [-0.1, -0.05) is 17.7 Å². The third-order valence-corrected chi connectivity index (χ3v) is 4.82. The van der Waals surface area contributed by atoms with E-state index in [1.54, 1.807) is 0 Å². The van der Waals surface area contributed by atoms with Gasteiger partial charge in [0.2, 0.25) is 10.0 Å². The van der Waals surface area contributed by atoms with Crippen molar-refractivity contribution in [2.45, 2.75) is 29.9 Å². The van der Waals surface area contributed by atoms with Gasteiger partial charge in [0.1, 0.15) is 4.90 Å². The third-order valence-electron chi connectivity index (χ3n) is 3.09. The molecule has 21 heavy (non-hydrogen) atoms. The largest absolute Gasteiger partial charge is 0.479 e. The number of hydrogen-bond acceptors (Lipinski definition) is 4. The average molecular weight is 338 g/mol. The fraction of sp³-hybridized carbons (Fsp3) is 0.417. The van der Waals surface area contributed by atoms with E-state index in [1.807, 2.05) is 0 Å². The molecule has 0 spiro atoms. The zero-order chi connectivity index (χ0) is 15.6. The predicted molar refractivity (Wildman–Crippen MR) is 72.1 cm³/mol. The first kappa shape index (κ1) is 16.2. The van der Waals surface area contributed by atoms with Crippen LogP contribution in [0.2, 0.25) is 5.02 Å². The quantitative estimate of drug-likeness (QED) is 0.847. The van der Waals surface area contributed by atoms with Crippen molar-refractivity contribution in [3.05, 3.63) is 29.0 Å². The van der Waals surface area contributed by atoms with Crippen molar-refractivity contribution in [1.29, 1.82) is 0 Å². The number of carboxylic acids is 1. The van der Waals surface area contributed by atoms with Gasteiger partial charge in [-0.2, -0.15) is 0 Å². The van der Waals surface area contributed by atoms with E-state index in [0.717, 1.165) is 6.07 Å². The van der Waals surface area contributed by atoms with Crippen molar-refractivity contribution in [2.24, 2.45) is 0 Å². The summed E-state index contributed by atoms with van der Waals surface area (Å²) in [6.07, 6.45) is -0.754. The fourth-order valence-corrected chi connectivity index (χ4v) is 3.40. The van der Waals surface area contributed by atoms with Gasteiger partial charge in [-0.05, 0) is 25.0 Å². The number of halogens is 2. The van der Waals surface area contributed by atoms with Crippen molar-refractivity contribution in [3.8, 4) is 0 Å². The number of carbonyl (C=O) groups is 1. The molecule has 0 bridgehead atoms. The van der Waals surface area contributed by atoms with Crippen molar-refractivity contribution in [2.75, 3.05) is 6.54 Å². The molecule has 1 aliphatic heterocycles. The molecule has 9 heteroatoms. The van der Waals surface area contributed by atoms with Crippen LogP contribution in [0.5, 0.6) is 0 Å². The van der Waals surface area contributed by atoms with Gasteiger partial charge >= 0.3 is 5.97 Å². The van der Waals surface area contributed by atoms with Gasteiger partial charge in [0, 0.05) is 6.54 Å². The maximum absolute atomic E-state index is 13.7. The summed E-state index contributed by atoms with van der Waals surface area (Å²) in [7, 11) is -4.08.